The summed E-state index contributed by atoms with van der Waals surface area (Å²) in [5.41, 5.74) is 5.59. The number of likely N-dealkylation sites (N-methyl/N-ethyl adjacent to an activating group) is 1. The molecule has 2 aromatic heterocycles. The SMILES string of the molecule is CCn1c(=S)[nH]c2cc3c(NCc4ccc(CN5CCN(C)CC5)cc4)ncnc3cc21. The molecule has 0 amide bonds. The van der Waals surface area contributed by atoms with Crippen LogP contribution in [0.15, 0.2) is 42.7 Å². The number of benzene rings is 2. The van der Waals surface area contributed by atoms with E-state index in [1.807, 2.05) is 0 Å². The summed E-state index contributed by atoms with van der Waals surface area (Å²) in [4.78, 5) is 17.2. The first kappa shape index (κ1) is 21.1. The maximum atomic E-state index is 5.46. The molecule has 0 spiro atoms. The van der Waals surface area contributed by atoms with Gasteiger partial charge in [0.25, 0.3) is 0 Å². The van der Waals surface area contributed by atoms with Gasteiger partial charge in [-0.05, 0) is 49.4 Å². The second kappa shape index (κ2) is 8.97. The van der Waals surface area contributed by atoms with E-state index < -0.39 is 0 Å². The van der Waals surface area contributed by atoms with Crippen LogP contribution in [0.25, 0.3) is 21.9 Å². The Morgan fingerprint density at radius 2 is 1.78 bits per heavy atom. The van der Waals surface area contributed by atoms with Gasteiger partial charge >= 0.3 is 0 Å². The van der Waals surface area contributed by atoms with Crippen molar-refractivity contribution in [3.63, 3.8) is 0 Å². The van der Waals surface area contributed by atoms with Gasteiger partial charge < -0.3 is 19.8 Å². The molecule has 5 rings (SSSR count). The number of imidazole rings is 1. The van der Waals surface area contributed by atoms with Crippen LogP contribution in [0.1, 0.15) is 18.1 Å². The van der Waals surface area contributed by atoms with Crippen LogP contribution >= 0.6 is 12.2 Å². The van der Waals surface area contributed by atoms with Gasteiger partial charge in [0.2, 0.25) is 0 Å². The number of aromatic nitrogens is 4. The normalized spacial score (nSPS) is 15.6. The summed E-state index contributed by atoms with van der Waals surface area (Å²) < 4.78 is 2.82. The Morgan fingerprint density at radius 3 is 2.53 bits per heavy atom. The van der Waals surface area contributed by atoms with Crippen molar-refractivity contribution in [3.8, 4) is 0 Å². The number of nitrogens with zero attached hydrogens (tertiary/aromatic N) is 5. The van der Waals surface area contributed by atoms with Gasteiger partial charge in [0, 0.05) is 51.2 Å². The van der Waals surface area contributed by atoms with Crippen LogP contribution in [0.4, 0.5) is 5.82 Å². The summed E-state index contributed by atoms with van der Waals surface area (Å²) >= 11 is 5.46. The Labute approximate surface area is 193 Å². The molecule has 32 heavy (non-hydrogen) atoms. The predicted octanol–water partition coefficient (Wildman–Crippen LogP) is 4.02. The van der Waals surface area contributed by atoms with Gasteiger partial charge in [0.15, 0.2) is 4.77 Å². The van der Waals surface area contributed by atoms with E-state index in [0.717, 1.165) is 71.8 Å². The van der Waals surface area contributed by atoms with Gasteiger partial charge in [-0.25, -0.2) is 9.97 Å². The number of hydrogen-bond acceptors (Lipinski definition) is 6. The molecule has 8 heteroatoms. The lowest BCUT2D eigenvalue weighted by Gasteiger charge is -2.32. The molecular formula is C24H29N7S. The fourth-order valence-electron chi connectivity index (χ4n) is 4.37. The van der Waals surface area contributed by atoms with E-state index in [4.69, 9.17) is 12.2 Å². The van der Waals surface area contributed by atoms with Crippen molar-refractivity contribution in [1.82, 2.24) is 29.3 Å². The number of aromatic amines is 1. The first-order valence-corrected chi connectivity index (χ1v) is 11.6. The van der Waals surface area contributed by atoms with Crippen LogP contribution in [-0.2, 0) is 19.6 Å². The average molecular weight is 448 g/mol. The highest BCUT2D eigenvalue weighted by Gasteiger charge is 2.14. The maximum absolute atomic E-state index is 5.46. The second-order valence-corrected chi connectivity index (χ2v) is 8.92. The fraction of sp³-hybridized carbons (Fsp3) is 0.375. The number of H-pyrrole nitrogens is 1. The molecule has 166 valence electrons. The molecule has 1 saturated heterocycles. The lowest BCUT2D eigenvalue weighted by Crippen LogP contribution is -2.43. The fourth-order valence-corrected chi connectivity index (χ4v) is 4.71. The molecule has 0 unspecified atom stereocenters. The lowest BCUT2D eigenvalue weighted by atomic mass is 10.1. The Bertz CT molecular complexity index is 1280. The summed E-state index contributed by atoms with van der Waals surface area (Å²) in [5, 5.41) is 4.49. The Hall–Kier alpha value is -2.81. The Morgan fingerprint density at radius 1 is 1.03 bits per heavy atom. The standard InChI is InChI=1S/C24H29N7S/c1-3-31-22-13-20-19(12-21(22)28-24(31)32)23(27-16-26-20)25-14-17-4-6-18(7-5-17)15-30-10-8-29(2)9-11-30/h4-7,12-13,16H,3,8-11,14-15H2,1-2H3,(H,28,32)(H,25,26,27). The van der Waals surface area contributed by atoms with E-state index in [2.05, 4.69) is 85.0 Å². The number of anilines is 1. The smallest absolute Gasteiger partial charge is 0.178 e. The summed E-state index contributed by atoms with van der Waals surface area (Å²) in [6.45, 7) is 9.23. The van der Waals surface area contributed by atoms with E-state index in [9.17, 15) is 0 Å². The summed E-state index contributed by atoms with van der Waals surface area (Å²) in [6, 6.07) is 13.1. The third-order valence-electron chi connectivity index (χ3n) is 6.33. The summed E-state index contributed by atoms with van der Waals surface area (Å²) in [6.07, 6.45) is 1.62. The maximum Gasteiger partial charge on any atom is 0.178 e. The molecule has 1 aliphatic heterocycles. The molecule has 1 fully saturated rings. The highest BCUT2D eigenvalue weighted by molar-refractivity contribution is 7.71. The molecule has 0 atom stereocenters. The minimum atomic E-state index is 0.713. The molecule has 0 aliphatic carbocycles. The molecule has 2 aromatic carbocycles. The quantitative estimate of drug-likeness (QED) is 0.435. The molecule has 7 nitrogen and oxygen atoms in total. The van der Waals surface area contributed by atoms with Crippen molar-refractivity contribution in [1.29, 1.82) is 0 Å². The van der Waals surface area contributed by atoms with E-state index in [0.29, 0.717) is 6.54 Å². The number of nitrogens with one attached hydrogen (secondary N) is 2. The molecule has 4 aromatic rings. The van der Waals surface area contributed by atoms with Crippen molar-refractivity contribution in [2.24, 2.45) is 0 Å². The lowest BCUT2D eigenvalue weighted by molar-refractivity contribution is 0.148. The van der Waals surface area contributed by atoms with E-state index in [-0.39, 0.29) is 0 Å². The van der Waals surface area contributed by atoms with Crippen LogP contribution < -0.4 is 5.32 Å². The molecular weight excluding hydrogens is 418 g/mol. The van der Waals surface area contributed by atoms with Gasteiger partial charge in [0.05, 0.1) is 16.6 Å². The number of hydrogen-bond donors (Lipinski definition) is 2. The summed E-state index contributed by atoms with van der Waals surface area (Å²) in [5.74, 6) is 0.835. The average Bonchev–Trinajstić information content (AvgIpc) is 3.12. The van der Waals surface area contributed by atoms with E-state index in [1.54, 1.807) is 6.33 Å². The molecule has 2 N–H and O–H groups in total. The van der Waals surface area contributed by atoms with Crippen molar-refractivity contribution in [2.45, 2.75) is 26.6 Å². The highest BCUT2D eigenvalue weighted by Crippen LogP contribution is 2.26. The topological polar surface area (TPSA) is 65.0 Å². The largest absolute Gasteiger partial charge is 0.365 e. The van der Waals surface area contributed by atoms with Gasteiger partial charge in [-0.1, -0.05) is 24.3 Å². The molecule has 0 bridgehead atoms. The van der Waals surface area contributed by atoms with Crippen LogP contribution in [-0.4, -0.2) is 62.5 Å². The Balaban J connectivity index is 1.30. The van der Waals surface area contributed by atoms with Crippen LogP contribution in [0.3, 0.4) is 0 Å². The van der Waals surface area contributed by atoms with Crippen LogP contribution in [0.2, 0.25) is 0 Å². The van der Waals surface area contributed by atoms with Gasteiger partial charge in [-0.15, -0.1) is 0 Å². The molecule has 0 radical (unpaired) electrons. The highest BCUT2D eigenvalue weighted by atomic mass is 32.1. The second-order valence-electron chi connectivity index (χ2n) is 8.53. The van der Waals surface area contributed by atoms with Gasteiger partial charge in [0.1, 0.15) is 12.1 Å². The van der Waals surface area contributed by atoms with Crippen molar-refractivity contribution < 1.29 is 0 Å². The predicted molar refractivity (Wildman–Crippen MR) is 132 cm³/mol. The zero-order valence-corrected chi connectivity index (χ0v) is 19.5. The van der Waals surface area contributed by atoms with Crippen molar-refractivity contribution >= 4 is 40.0 Å². The Kier molecular flexibility index (Phi) is 5.91. The minimum Gasteiger partial charge on any atom is -0.365 e. The number of rotatable bonds is 6. The number of piperazine rings is 1. The van der Waals surface area contributed by atoms with Crippen LogP contribution in [0.5, 0.6) is 0 Å². The first-order chi connectivity index (χ1) is 15.6. The minimum absolute atomic E-state index is 0.713. The molecule has 1 aliphatic rings. The van der Waals surface area contributed by atoms with Crippen molar-refractivity contribution in [3.05, 3.63) is 58.6 Å². The van der Waals surface area contributed by atoms with Gasteiger partial charge in [-0.2, -0.15) is 0 Å². The van der Waals surface area contributed by atoms with Crippen LogP contribution in [0, 0.1) is 4.77 Å². The zero-order valence-electron chi connectivity index (χ0n) is 18.6. The molecule has 3 heterocycles. The van der Waals surface area contributed by atoms with Gasteiger partial charge in [-0.3, -0.25) is 4.90 Å². The molecule has 0 saturated carbocycles. The number of fused-ring (bicyclic) bond motifs is 2. The van der Waals surface area contributed by atoms with Crippen molar-refractivity contribution in [2.75, 3.05) is 38.5 Å². The number of aryl methyl sites for hydroxylation is 1. The van der Waals surface area contributed by atoms with E-state index >= 15 is 0 Å². The first-order valence-electron chi connectivity index (χ1n) is 11.2. The van der Waals surface area contributed by atoms with E-state index in [1.165, 1.54) is 11.1 Å². The zero-order chi connectivity index (χ0) is 22.1. The third kappa shape index (κ3) is 4.26. The summed E-state index contributed by atoms with van der Waals surface area (Å²) in [7, 11) is 2.19. The third-order valence-corrected chi connectivity index (χ3v) is 6.65. The monoisotopic (exact) mass is 447 g/mol.